The van der Waals surface area contributed by atoms with Crippen molar-refractivity contribution in [3.05, 3.63) is 59.7 Å². The van der Waals surface area contributed by atoms with Crippen molar-refractivity contribution in [2.24, 2.45) is 5.92 Å². The first-order valence-corrected chi connectivity index (χ1v) is 10.2. The van der Waals surface area contributed by atoms with E-state index in [1.165, 1.54) is 0 Å². The molecule has 5 rings (SSSR count). The van der Waals surface area contributed by atoms with Gasteiger partial charge in [-0.1, -0.05) is 30.3 Å². The number of H-pyrrole nitrogens is 1. The van der Waals surface area contributed by atoms with E-state index in [1.807, 2.05) is 42.5 Å². The summed E-state index contributed by atoms with van der Waals surface area (Å²) >= 11 is 0. The van der Waals surface area contributed by atoms with Gasteiger partial charge >= 0.3 is 0 Å². The average Bonchev–Trinajstić information content (AvgIpc) is 3.45. The number of anilines is 3. The van der Waals surface area contributed by atoms with E-state index in [0.717, 1.165) is 16.9 Å². The van der Waals surface area contributed by atoms with E-state index in [9.17, 15) is 9.59 Å². The fourth-order valence-electron chi connectivity index (χ4n) is 3.68. The molecule has 5 N–H and O–H groups in total. The highest BCUT2D eigenvalue weighted by Crippen LogP contribution is 2.39. The van der Waals surface area contributed by atoms with E-state index in [4.69, 9.17) is 4.74 Å². The normalized spacial score (nSPS) is 16.8. The van der Waals surface area contributed by atoms with Crippen molar-refractivity contribution < 1.29 is 14.3 Å². The van der Waals surface area contributed by atoms with Crippen molar-refractivity contribution in [3.8, 4) is 5.75 Å². The van der Waals surface area contributed by atoms with Gasteiger partial charge in [0.15, 0.2) is 0 Å². The number of nitrogens with one attached hydrogen (secondary N) is 5. The van der Waals surface area contributed by atoms with Crippen LogP contribution in [0.3, 0.4) is 0 Å². The van der Waals surface area contributed by atoms with E-state index in [0.29, 0.717) is 23.7 Å². The first kappa shape index (κ1) is 19.8. The summed E-state index contributed by atoms with van der Waals surface area (Å²) in [5.41, 5.74) is 12.1. The molecule has 0 bridgehead atoms. The molecular formula is C21H22N8O3. The van der Waals surface area contributed by atoms with Crippen LogP contribution >= 0.6 is 0 Å². The number of carbonyl (C=O) groups is 2. The number of hydrazine groups is 2. The summed E-state index contributed by atoms with van der Waals surface area (Å²) in [6.45, 7) is 0.250. The summed E-state index contributed by atoms with van der Waals surface area (Å²) in [4.78, 5) is 31.3. The monoisotopic (exact) mass is 434 g/mol. The number of benzene rings is 2. The summed E-state index contributed by atoms with van der Waals surface area (Å²) in [5, 5.41) is 9.55. The van der Waals surface area contributed by atoms with Crippen LogP contribution in [0.5, 0.6) is 5.75 Å². The number of nitrogens with zero attached hydrogens (tertiary/aromatic N) is 3. The highest BCUT2D eigenvalue weighted by molar-refractivity contribution is 5.99. The second kappa shape index (κ2) is 8.19. The van der Waals surface area contributed by atoms with E-state index >= 15 is 0 Å². The lowest BCUT2D eigenvalue weighted by molar-refractivity contribution is -0.122. The van der Waals surface area contributed by atoms with E-state index in [-0.39, 0.29) is 24.9 Å². The topological polar surface area (TPSA) is 136 Å². The Labute approximate surface area is 183 Å². The third kappa shape index (κ3) is 3.81. The van der Waals surface area contributed by atoms with Crippen LogP contribution in [0.4, 0.5) is 17.1 Å². The van der Waals surface area contributed by atoms with Gasteiger partial charge in [0.25, 0.3) is 5.91 Å². The van der Waals surface area contributed by atoms with Crippen molar-refractivity contribution in [1.82, 2.24) is 26.0 Å². The Hall–Kier alpha value is -4.12. The predicted octanol–water partition coefficient (Wildman–Crippen LogP) is 1.05. The molecule has 0 saturated carbocycles. The summed E-state index contributed by atoms with van der Waals surface area (Å²) in [7, 11) is 1.69. The first-order chi connectivity index (χ1) is 15.6. The minimum atomic E-state index is -0.548. The highest BCUT2D eigenvalue weighted by Gasteiger charge is 2.31. The number of hydrogen-bond donors (Lipinski definition) is 5. The lowest BCUT2D eigenvalue weighted by Crippen LogP contribution is -2.41. The molecule has 1 atom stereocenters. The minimum absolute atomic E-state index is 0.0376. The fraction of sp³-hybridized carbons (Fsp3) is 0.238. The van der Waals surface area contributed by atoms with Gasteiger partial charge in [-0.15, -0.1) is 10.6 Å². The number of fused-ring (bicyclic) bond motifs is 2. The first-order valence-electron chi connectivity index (χ1n) is 10.2. The minimum Gasteiger partial charge on any atom is -0.490 e. The molecule has 3 aromatic rings. The maximum Gasteiger partial charge on any atom is 0.290 e. The van der Waals surface area contributed by atoms with Crippen LogP contribution in [0.1, 0.15) is 22.0 Å². The smallest absolute Gasteiger partial charge is 0.290 e. The second-order valence-electron chi connectivity index (χ2n) is 7.62. The van der Waals surface area contributed by atoms with E-state index in [1.54, 1.807) is 11.9 Å². The third-order valence-corrected chi connectivity index (χ3v) is 5.43. The van der Waals surface area contributed by atoms with Crippen molar-refractivity contribution in [2.75, 3.05) is 36.0 Å². The predicted molar refractivity (Wildman–Crippen MR) is 117 cm³/mol. The molecule has 2 amide bonds. The molecular weight excluding hydrogens is 412 g/mol. The van der Waals surface area contributed by atoms with E-state index < -0.39 is 11.8 Å². The van der Waals surface area contributed by atoms with Crippen LogP contribution in [0.2, 0.25) is 0 Å². The average molecular weight is 434 g/mol. The molecule has 164 valence electrons. The second-order valence-corrected chi connectivity index (χ2v) is 7.62. The summed E-state index contributed by atoms with van der Waals surface area (Å²) in [6, 6.07) is 13.4. The SMILES string of the molecule is CN1C(=O)C(CNC(=O)c2n[nH]c(Cc3ccccc3)n2)COc2cc3c(cc21)NNN3. The van der Waals surface area contributed by atoms with Crippen LogP contribution in [0, 0.1) is 5.92 Å². The van der Waals surface area contributed by atoms with Crippen LogP contribution in [-0.2, 0) is 11.2 Å². The number of amides is 2. The number of aromatic amines is 1. The zero-order valence-electron chi connectivity index (χ0n) is 17.3. The molecule has 0 radical (unpaired) electrons. The molecule has 0 fully saturated rings. The lowest BCUT2D eigenvalue weighted by Gasteiger charge is -2.20. The maximum atomic E-state index is 13.0. The molecule has 0 saturated heterocycles. The molecule has 1 unspecified atom stereocenters. The van der Waals surface area contributed by atoms with Crippen LogP contribution in [0.15, 0.2) is 42.5 Å². The molecule has 0 aliphatic carbocycles. The molecule has 2 aliphatic rings. The van der Waals surface area contributed by atoms with Gasteiger partial charge in [-0.2, -0.15) is 0 Å². The number of hydrogen-bond acceptors (Lipinski definition) is 8. The van der Waals surface area contributed by atoms with Gasteiger partial charge in [-0.25, -0.2) is 4.98 Å². The molecule has 2 aliphatic heterocycles. The Balaban J connectivity index is 1.22. The van der Waals surface area contributed by atoms with Gasteiger partial charge in [0.2, 0.25) is 11.7 Å². The highest BCUT2D eigenvalue weighted by atomic mass is 16.5. The van der Waals surface area contributed by atoms with E-state index in [2.05, 4.69) is 36.9 Å². The zero-order chi connectivity index (χ0) is 22.1. The summed E-state index contributed by atoms with van der Waals surface area (Å²) < 4.78 is 5.89. The van der Waals surface area contributed by atoms with Gasteiger partial charge in [-0.05, 0) is 11.6 Å². The van der Waals surface area contributed by atoms with Gasteiger partial charge < -0.3 is 25.8 Å². The van der Waals surface area contributed by atoms with Gasteiger partial charge in [0.05, 0.1) is 23.0 Å². The van der Waals surface area contributed by atoms with Crippen molar-refractivity contribution >= 4 is 28.9 Å². The van der Waals surface area contributed by atoms with Gasteiger partial charge in [0.1, 0.15) is 18.2 Å². The Morgan fingerprint density at radius 3 is 2.81 bits per heavy atom. The molecule has 32 heavy (non-hydrogen) atoms. The number of carbonyl (C=O) groups excluding carboxylic acids is 2. The lowest BCUT2D eigenvalue weighted by atomic mass is 10.1. The van der Waals surface area contributed by atoms with Crippen LogP contribution < -0.4 is 31.3 Å². The Morgan fingerprint density at radius 2 is 2.00 bits per heavy atom. The van der Waals surface area contributed by atoms with Crippen LogP contribution in [-0.4, -0.2) is 47.2 Å². The molecule has 0 spiro atoms. The molecule has 2 aromatic carbocycles. The number of ether oxygens (including phenoxy) is 1. The van der Waals surface area contributed by atoms with Crippen molar-refractivity contribution in [2.45, 2.75) is 6.42 Å². The Bertz CT molecular complexity index is 1160. The summed E-state index contributed by atoms with van der Waals surface area (Å²) in [5.74, 6) is 0.0728. The largest absolute Gasteiger partial charge is 0.490 e. The number of rotatable bonds is 5. The standard InChI is InChI=1S/C21H22N8O3/c1-29-16-8-14-15(25-28-24-14)9-17(16)32-11-13(21(29)31)10-22-20(30)19-23-18(26-27-19)7-12-5-3-2-4-6-12/h2-6,8-9,13,24-25,28H,7,10-11H2,1H3,(H,22,30)(H,23,26,27). The van der Waals surface area contributed by atoms with Gasteiger partial charge in [0, 0.05) is 26.1 Å². The quantitative estimate of drug-likeness (QED) is 0.402. The molecule has 11 nitrogen and oxygen atoms in total. The Morgan fingerprint density at radius 1 is 1.22 bits per heavy atom. The molecule has 3 heterocycles. The van der Waals surface area contributed by atoms with Gasteiger partial charge in [-0.3, -0.25) is 14.7 Å². The number of aromatic nitrogens is 3. The van der Waals surface area contributed by atoms with Crippen molar-refractivity contribution in [1.29, 1.82) is 0 Å². The fourth-order valence-corrected chi connectivity index (χ4v) is 3.68. The zero-order valence-corrected chi connectivity index (χ0v) is 17.3. The van der Waals surface area contributed by atoms with Crippen molar-refractivity contribution in [3.63, 3.8) is 0 Å². The third-order valence-electron chi connectivity index (χ3n) is 5.43. The van der Waals surface area contributed by atoms with Crippen LogP contribution in [0.25, 0.3) is 0 Å². The molecule has 1 aromatic heterocycles. The molecule has 11 heteroatoms. The maximum absolute atomic E-state index is 13.0. The summed E-state index contributed by atoms with van der Waals surface area (Å²) in [6.07, 6.45) is 0.544. The Kier molecular flexibility index (Phi) is 5.07.